The van der Waals surface area contributed by atoms with E-state index in [-0.39, 0.29) is 29.6 Å². The quantitative estimate of drug-likeness (QED) is 0.243. The molecule has 0 aromatic carbocycles. The summed E-state index contributed by atoms with van der Waals surface area (Å²) in [4.78, 5) is 55.9. The number of thiazole rings is 1. The Kier molecular flexibility index (Phi) is 9.97. The summed E-state index contributed by atoms with van der Waals surface area (Å²) in [5.41, 5.74) is -0.451. The molecule has 0 atom stereocenters. The lowest BCUT2D eigenvalue weighted by Crippen LogP contribution is -2.49. The molecule has 12 nitrogen and oxygen atoms in total. The molecule has 2 N–H and O–H groups in total. The van der Waals surface area contributed by atoms with Crippen molar-refractivity contribution >= 4 is 40.2 Å². The number of esters is 1. The van der Waals surface area contributed by atoms with E-state index in [1.807, 2.05) is 4.90 Å². The van der Waals surface area contributed by atoms with E-state index in [0.29, 0.717) is 44.5 Å². The summed E-state index contributed by atoms with van der Waals surface area (Å²) >= 11 is 1.27. The minimum absolute atomic E-state index is 0.00930. The van der Waals surface area contributed by atoms with Gasteiger partial charge in [-0.15, -0.1) is 11.3 Å². The van der Waals surface area contributed by atoms with E-state index in [2.05, 4.69) is 33.5 Å². The van der Waals surface area contributed by atoms with E-state index < -0.39 is 17.8 Å². The summed E-state index contributed by atoms with van der Waals surface area (Å²) in [5, 5.41) is 6.70. The van der Waals surface area contributed by atoms with Crippen molar-refractivity contribution < 1.29 is 33.4 Å². The third kappa shape index (κ3) is 7.66. The highest BCUT2D eigenvalue weighted by Crippen LogP contribution is 2.22. The Hall–Kier alpha value is -3.29. The summed E-state index contributed by atoms with van der Waals surface area (Å²) in [6.07, 6.45) is 0. The van der Waals surface area contributed by atoms with Crippen LogP contribution in [0.25, 0.3) is 0 Å². The molecule has 1 saturated heterocycles. The number of amides is 3. The van der Waals surface area contributed by atoms with Crippen LogP contribution >= 0.6 is 11.3 Å². The van der Waals surface area contributed by atoms with Gasteiger partial charge in [-0.25, -0.2) is 9.78 Å². The fourth-order valence-corrected chi connectivity index (χ4v) is 3.56. The van der Waals surface area contributed by atoms with Crippen LogP contribution in [0.3, 0.4) is 0 Å². The number of aromatic nitrogens is 1. The molecule has 1 fully saturated rings. The molecule has 0 saturated carbocycles. The van der Waals surface area contributed by atoms with E-state index in [0.717, 1.165) is 7.11 Å². The lowest BCUT2D eigenvalue weighted by molar-refractivity contribution is -0.137. The molecule has 2 rings (SSSR count). The van der Waals surface area contributed by atoms with Gasteiger partial charge in [-0.1, -0.05) is 13.2 Å². The second kappa shape index (κ2) is 12.7. The standard InChI is InChI=1S/C20H27N5O7S/c1-13(17(27)22-14(2)19(29)31-4)21-18(28)15-12-33-20(23-15)25-7-5-24(6-8-25)16(26)11-32-10-9-30-3/h12H,1-2,5-11H2,3-4H3,(H,21,28)(H,22,27). The Morgan fingerprint density at radius 2 is 1.76 bits per heavy atom. The van der Waals surface area contributed by atoms with Gasteiger partial charge in [0.1, 0.15) is 18.0 Å². The van der Waals surface area contributed by atoms with Crippen molar-refractivity contribution in [3.63, 3.8) is 0 Å². The van der Waals surface area contributed by atoms with E-state index in [1.165, 1.54) is 11.3 Å². The van der Waals surface area contributed by atoms with Gasteiger partial charge in [0.25, 0.3) is 11.8 Å². The van der Waals surface area contributed by atoms with Gasteiger partial charge in [0, 0.05) is 38.7 Å². The normalized spacial score (nSPS) is 13.3. The molecule has 0 unspecified atom stereocenters. The summed E-state index contributed by atoms with van der Waals surface area (Å²) in [6, 6.07) is 0. The fraction of sp³-hybridized carbons (Fsp3) is 0.450. The molecule has 180 valence electrons. The number of hydrogen-bond acceptors (Lipinski definition) is 10. The molecular weight excluding hydrogens is 454 g/mol. The average molecular weight is 482 g/mol. The van der Waals surface area contributed by atoms with Crippen molar-refractivity contribution in [2.45, 2.75) is 0 Å². The summed E-state index contributed by atoms with van der Waals surface area (Å²) in [6.45, 7) is 9.79. The number of ether oxygens (including phenoxy) is 3. The van der Waals surface area contributed by atoms with Gasteiger partial charge in [0.2, 0.25) is 5.91 Å². The van der Waals surface area contributed by atoms with Crippen molar-refractivity contribution in [3.05, 3.63) is 35.6 Å². The zero-order valence-electron chi connectivity index (χ0n) is 18.5. The number of piperazine rings is 1. The van der Waals surface area contributed by atoms with Crippen molar-refractivity contribution in [3.8, 4) is 0 Å². The molecule has 13 heteroatoms. The van der Waals surface area contributed by atoms with Crippen LogP contribution in [0.4, 0.5) is 5.13 Å². The van der Waals surface area contributed by atoms with Crippen molar-refractivity contribution in [1.29, 1.82) is 0 Å². The van der Waals surface area contributed by atoms with E-state index >= 15 is 0 Å². The molecule has 0 aliphatic carbocycles. The first kappa shape index (κ1) is 26.0. The summed E-state index contributed by atoms with van der Waals surface area (Å²) < 4.78 is 14.6. The number of anilines is 1. The van der Waals surface area contributed by atoms with Crippen LogP contribution in [0.15, 0.2) is 29.9 Å². The van der Waals surface area contributed by atoms with Crippen LogP contribution in [0.5, 0.6) is 0 Å². The minimum Gasteiger partial charge on any atom is -0.464 e. The Morgan fingerprint density at radius 3 is 2.39 bits per heavy atom. The first-order valence-electron chi connectivity index (χ1n) is 9.90. The molecule has 3 amide bonds. The molecule has 33 heavy (non-hydrogen) atoms. The summed E-state index contributed by atoms with van der Waals surface area (Å²) in [5.74, 6) is -2.33. The smallest absolute Gasteiger partial charge is 0.353 e. The predicted molar refractivity (Wildman–Crippen MR) is 120 cm³/mol. The Morgan fingerprint density at radius 1 is 1.06 bits per heavy atom. The second-order valence-electron chi connectivity index (χ2n) is 6.79. The fourth-order valence-electron chi connectivity index (χ4n) is 2.70. The second-order valence-corrected chi connectivity index (χ2v) is 7.62. The first-order chi connectivity index (χ1) is 15.8. The van der Waals surface area contributed by atoms with Crippen LogP contribution in [0.2, 0.25) is 0 Å². The molecule has 0 spiro atoms. The largest absolute Gasteiger partial charge is 0.464 e. The molecular formula is C20H27N5O7S. The lowest BCUT2D eigenvalue weighted by atomic mass is 10.3. The molecule has 1 aliphatic heterocycles. The maximum absolute atomic E-state index is 12.4. The van der Waals surface area contributed by atoms with Gasteiger partial charge in [-0.05, 0) is 0 Å². The highest BCUT2D eigenvalue weighted by molar-refractivity contribution is 7.13. The molecule has 0 bridgehead atoms. The first-order valence-corrected chi connectivity index (χ1v) is 10.8. The van der Waals surface area contributed by atoms with Crippen molar-refractivity contribution in [2.24, 2.45) is 0 Å². The molecule has 1 aliphatic rings. The van der Waals surface area contributed by atoms with Gasteiger partial charge in [0.05, 0.1) is 26.0 Å². The van der Waals surface area contributed by atoms with Crippen LogP contribution in [-0.4, -0.2) is 93.8 Å². The summed E-state index contributed by atoms with van der Waals surface area (Å²) in [7, 11) is 2.71. The molecule has 1 aromatic heterocycles. The highest BCUT2D eigenvalue weighted by Gasteiger charge is 2.24. The third-order valence-corrected chi connectivity index (χ3v) is 5.42. The van der Waals surface area contributed by atoms with Gasteiger partial charge in [0.15, 0.2) is 5.13 Å². The van der Waals surface area contributed by atoms with Gasteiger partial charge in [-0.2, -0.15) is 0 Å². The van der Waals surface area contributed by atoms with Gasteiger partial charge in [-0.3, -0.25) is 14.4 Å². The number of carbonyl (C=O) groups excluding carboxylic acids is 4. The van der Waals surface area contributed by atoms with Crippen molar-refractivity contribution in [2.75, 3.05) is 65.1 Å². The Labute approximate surface area is 195 Å². The van der Waals surface area contributed by atoms with Crippen LogP contribution in [0, 0.1) is 0 Å². The van der Waals surface area contributed by atoms with Crippen molar-refractivity contribution in [1.82, 2.24) is 20.5 Å². The SMILES string of the molecule is C=C(NC(=O)c1csc(N2CCN(C(=O)COCCOC)CC2)n1)C(=O)NC(=C)C(=O)OC. The minimum atomic E-state index is -0.813. The number of nitrogens with zero attached hydrogens (tertiary/aromatic N) is 3. The van der Waals surface area contributed by atoms with Gasteiger partial charge < -0.3 is 34.6 Å². The van der Waals surface area contributed by atoms with E-state index in [9.17, 15) is 19.2 Å². The number of carbonyl (C=O) groups is 4. The lowest BCUT2D eigenvalue weighted by Gasteiger charge is -2.34. The molecule has 2 heterocycles. The van der Waals surface area contributed by atoms with Gasteiger partial charge >= 0.3 is 5.97 Å². The number of methoxy groups -OCH3 is 2. The zero-order chi connectivity index (χ0) is 24.4. The van der Waals surface area contributed by atoms with E-state index in [4.69, 9.17) is 9.47 Å². The number of rotatable bonds is 11. The zero-order valence-corrected chi connectivity index (χ0v) is 19.4. The predicted octanol–water partition coefficient (Wildman–Crippen LogP) is -0.499. The monoisotopic (exact) mass is 481 g/mol. The van der Waals surface area contributed by atoms with Crippen LogP contribution in [-0.2, 0) is 28.6 Å². The maximum atomic E-state index is 12.4. The van der Waals surface area contributed by atoms with Crippen LogP contribution < -0.4 is 15.5 Å². The Bertz CT molecular complexity index is 908. The maximum Gasteiger partial charge on any atom is 0.353 e. The molecule has 1 aromatic rings. The third-order valence-electron chi connectivity index (χ3n) is 4.52. The molecule has 0 radical (unpaired) electrons. The highest BCUT2D eigenvalue weighted by atomic mass is 32.1. The van der Waals surface area contributed by atoms with E-state index in [1.54, 1.807) is 17.4 Å². The number of hydrogen-bond donors (Lipinski definition) is 2. The number of nitrogens with one attached hydrogen (secondary N) is 2. The Balaban J connectivity index is 1.82. The average Bonchev–Trinajstić information content (AvgIpc) is 3.31. The van der Waals surface area contributed by atoms with Crippen LogP contribution in [0.1, 0.15) is 10.5 Å². The topological polar surface area (TPSA) is 139 Å².